The van der Waals surface area contributed by atoms with Crippen LogP contribution >= 0.6 is 0 Å². The van der Waals surface area contributed by atoms with E-state index in [-0.39, 0.29) is 48.7 Å². The molecule has 1 aliphatic carbocycles. The number of benzene rings is 4. The first-order valence-electron chi connectivity index (χ1n) is 32.4. The van der Waals surface area contributed by atoms with E-state index in [9.17, 15) is 98.4 Å². The minimum atomic E-state index is -1.66. The first-order chi connectivity index (χ1) is 46.3. The van der Waals surface area contributed by atoms with Crippen LogP contribution in [0.2, 0.25) is 0 Å². The van der Waals surface area contributed by atoms with Crippen LogP contribution in [-0.2, 0) is 105 Å². The molecular weight excluding hydrogens is 1300 g/mol. The molecule has 0 saturated carbocycles. The van der Waals surface area contributed by atoms with Crippen molar-refractivity contribution in [3.63, 3.8) is 0 Å². The van der Waals surface area contributed by atoms with Crippen molar-refractivity contribution in [1.82, 2.24) is 21.3 Å². The Kier molecular flexibility index (Phi) is 27.3. The van der Waals surface area contributed by atoms with E-state index in [0.29, 0.717) is 66.8 Å². The Balaban J connectivity index is 2.02. The fourth-order valence-corrected chi connectivity index (χ4v) is 11.0. The summed E-state index contributed by atoms with van der Waals surface area (Å²) >= 11 is 0. The number of fused-ring (bicyclic) bond motifs is 8. The van der Waals surface area contributed by atoms with Gasteiger partial charge in [0.05, 0.1) is 0 Å². The van der Waals surface area contributed by atoms with Gasteiger partial charge >= 0.3 is 47.8 Å². The molecule has 8 bridgehead atoms. The normalized spacial score (nSPS) is 13.6. The zero-order valence-electron chi connectivity index (χ0n) is 58.4. The molecule has 4 aromatic rings. The van der Waals surface area contributed by atoms with Gasteiger partial charge in [-0.2, -0.15) is 0 Å². The number of carboxylic acids is 8. The summed E-state index contributed by atoms with van der Waals surface area (Å²) in [6, 6.07) is 7.92. The average Bonchev–Trinajstić information content (AvgIpc) is 0.793. The fraction of sp³-hybridized carbons (Fsp3) is 0.500. The van der Waals surface area contributed by atoms with Crippen molar-refractivity contribution in [2.24, 2.45) is 0 Å². The Morgan fingerprint density at radius 1 is 0.300 bits per heavy atom. The van der Waals surface area contributed by atoms with Gasteiger partial charge in [0.25, 0.3) is 23.6 Å². The molecule has 28 nitrogen and oxygen atoms in total. The second-order valence-corrected chi connectivity index (χ2v) is 28.9. The van der Waals surface area contributed by atoms with Gasteiger partial charge in [-0.05, 0) is 114 Å². The van der Waals surface area contributed by atoms with Crippen LogP contribution in [0.1, 0.15) is 201 Å². The highest BCUT2D eigenvalue weighted by molar-refractivity contribution is 5.87. The van der Waals surface area contributed by atoms with Gasteiger partial charge in [0.1, 0.15) is 47.2 Å². The SMILES string of the molecule is CC(C)(C)c1cc2c(OCC(=O)NC(CCC(=O)O)C(=O)O)c(c1)Cc1cc(C(C)(C)C)cc(c1OCC(=O)NC(CCC(=O)O)C(=O)O)Cc1cc(C(C)(C)C)cc(c1OCC(=O)NC(CCC(=O)O)C(=O)O)Cc1cc(C(C)(C)C)cc(c1OCC(=O)NC(CCC(=O)O)C(=O)O)C2. The van der Waals surface area contributed by atoms with E-state index >= 15 is 0 Å². The third-order valence-corrected chi connectivity index (χ3v) is 16.5. The van der Waals surface area contributed by atoms with E-state index in [1.165, 1.54) is 0 Å². The maximum absolute atomic E-state index is 14.1. The predicted octanol–water partition coefficient (Wildman–Crippen LogP) is 6.81. The summed E-state index contributed by atoms with van der Waals surface area (Å²) in [5.74, 6) is -15.0. The van der Waals surface area contributed by atoms with Gasteiger partial charge in [0.2, 0.25) is 0 Å². The highest BCUT2D eigenvalue weighted by Gasteiger charge is 2.33. The molecule has 0 fully saturated rings. The smallest absolute Gasteiger partial charge is 0.326 e. The molecule has 0 heterocycles. The van der Waals surface area contributed by atoms with Crippen molar-refractivity contribution in [2.75, 3.05) is 26.4 Å². The van der Waals surface area contributed by atoms with Crippen molar-refractivity contribution < 1.29 is 117 Å². The van der Waals surface area contributed by atoms with Gasteiger partial charge in [-0.3, -0.25) is 38.4 Å². The van der Waals surface area contributed by atoms with Crippen molar-refractivity contribution in [1.29, 1.82) is 0 Å². The molecule has 0 spiro atoms. The number of aliphatic carboxylic acids is 8. The summed E-state index contributed by atoms with van der Waals surface area (Å²) in [7, 11) is 0. The van der Waals surface area contributed by atoms with Crippen LogP contribution in [0, 0.1) is 0 Å². The number of carbonyl (C=O) groups excluding carboxylic acids is 4. The van der Waals surface area contributed by atoms with E-state index in [4.69, 9.17) is 18.9 Å². The zero-order valence-corrected chi connectivity index (χ0v) is 58.4. The Morgan fingerprint density at radius 3 is 0.570 bits per heavy atom. The van der Waals surface area contributed by atoms with Crippen LogP contribution in [0.25, 0.3) is 0 Å². The van der Waals surface area contributed by atoms with Crippen molar-refractivity contribution in [3.8, 4) is 23.0 Å². The molecule has 544 valence electrons. The molecular formula is C72H92N4O24. The van der Waals surface area contributed by atoms with E-state index in [1.807, 2.05) is 132 Å². The van der Waals surface area contributed by atoms with Crippen molar-refractivity contribution >= 4 is 71.4 Å². The summed E-state index contributed by atoms with van der Waals surface area (Å²) in [6.07, 6.45) is -5.11. The number of hydrogen-bond donors (Lipinski definition) is 12. The number of nitrogens with one attached hydrogen (secondary N) is 4. The minimum Gasteiger partial charge on any atom is -0.483 e. The molecule has 12 N–H and O–H groups in total. The van der Waals surface area contributed by atoms with E-state index in [2.05, 4.69) is 21.3 Å². The van der Waals surface area contributed by atoms with Gasteiger partial charge in [-0.25, -0.2) is 19.2 Å². The first-order valence-corrected chi connectivity index (χ1v) is 32.4. The average molecular weight is 1400 g/mol. The second-order valence-electron chi connectivity index (χ2n) is 28.9. The third kappa shape index (κ3) is 24.0. The number of amides is 4. The molecule has 0 aromatic heterocycles. The van der Waals surface area contributed by atoms with Crippen LogP contribution < -0.4 is 40.2 Å². The Hall–Kier alpha value is -10.3. The van der Waals surface area contributed by atoms with Gasteiger partial charge < -0.3 is 81.1 Å². The number of hydrogen-bond acceptors (Lipinski definition) is 16. The quantitative estimate of drug-likeness (QED) is 0.0210. The first kappa shape index (κ1) is 80.4. The number of ether oxygens (including phenoxy) is 4. The summed E-state index contributed by atoms with van der Waals surface area (Å²) in [5.41, 5.74) is 2.86. The van der Waals surface area contributed by atoms with Crippen molar-refractivity contribution in [3.05, 3.63) is 115 Å². The van der Waals surface area contributed by atoms with Crippen LogP contribution in [0.5, 0.6) is 23.0 Å². The maximum atomic E-state index is 14.1. The van der Waals surface area contributed by atoms with E-state index in [1.54, 1.807) is 0 Å². The molecule has 4 atom stereocenters. The van der Waals surface area contributed by atoms with Gasteiger partial charge in [-0.1, -0.05) is 132 Å². The molecule has 0 radical (unpaired) electrons. The van der Waals surface area contributed by atoms with Gasteiger partial charge in [0, 0.05) is 51.4 Å². The molecule has 0 aliphatic heterocycles. The zero-order chi connectivity index (χ0) is 75.1. The fourth-order valence-electron chi connectivity index (χ4n) is 11.0. The van der Waals surface area contributed by atoms with Crippen LogP contribution in [0.15, 0.2) is 48.5 Å². The van der Waals surface area contributed by atoms with Crippen molar-refractivity contribution in [2.45, 2.75) is 206 Å². The lowest BCUT2D eigenvalue weighted by Gasteiger charge is -2.29. The summed E-state index contributed by atoms with van der Waals surface area (Å²) in [5, 5.41) is 87.6. The molecule has 4 aromatic carbocycles. The molecule has 28 heteroatoms. The number of rotatable bonds is 32. The highest BCUT2D eigenvalue weighted by atomic mass is 16.5. The maximum Gasteiger partial charge on any atom is 0.326 e. The Labute approximate surface area is 578 Å². The highest BCUT2D eigenvalue weighted by Crippen LogP contribution is 2.45. The Morgan fingerprint density at radius 2 is 0.450 bits per heavy atom. The van der Waals surface area contributed by atoms with E-state index < -0.39 is 195 Å². The lowest BCUT2D eigenvalue weighted by molar-refractivity contribution is -0.144. The molecule has 4 amide bonds. The summed E-state index contributed by atoms with van der Waals surface area (Å²) in [4.78, 5) is 152. The molecule has 100 heavy (non-hydrogen) atoms. The summed E-state index contributed by atoms with van der Waals surface area (Å²) < 4.78 is 26.6. The largest absolute Gasteiger partial charge is 0.483 e. The standard InChI is InChI=1S/C72H92N4O24/c1-69(2,3)45-25-37-21-39-27-46(70(4,5)6)29-41(62(39)98-34-54(78)74-50(66(91)92)14-18-58(83)84)23-43-31-48(72(10,11)12)32-44(64(43)100-36-56(80)76-52(68(95)96)16-20-60(87)88)24-42-30-47(71(7,8)9)28-40(63(42)99-35-55(79)75-51(67(93)94)15-19-59(85)86)22-38(26-45)61(37)97-33-53(77)73-49(65(89)90)13-17-57(81)82/h25-32,49-52H,13-24,33-36H2,1-12H3,(H,73,77)(H,74,78)(H,75,79)(H,76,80)(H,81,82)(H,83,84)(H,85,86)(H,87,88)(H,89,90)(H,91,92)(H,93,94)(H,95,96). The molecule has 4 unspecified atom stereocenters. The number of carbonyl (C=O) groups is 12. The third-order valence-electron chi connectivity index (χ3n) is 16.5. The second kappa shape index (κ2) is 34.0. The topological polar surface area (TPSA) is 452 Å². The Bertz CT molecular complexity index is 3210. The minimum absolute atomic E-state index is 0.0537. The van der Waals surface area contributed by atoms with Crippen LogP contribution in [-0.4, -0.2) is 163 Å². The summed E-state index contributed by atoms with van der Waals surface area (Å²) in [6.45, 7) is 19.8. The monoisotopic (exact) mass is 1400 g/mol. The van der Waals surface area contributed by atoms with Crippen LogP contribution in [0.3, 0.4) is 0 Å². The molecule has 1 aliphatic rings. The lowest BCUT2D eigenvalue weighted by Crippen LogP contribution is -2.43. The van der Waals surface area contributed by atoms with E-state index in [0.717, 1.165) is 0 Å². The van der Waals surface area contributed by atoms with Gasteiger partial charge in [-0.15, -0.1) is 0 Å². The lowest BCUT2D eigenvalue weighted by atomic mass is 9.79. The number of carboxylic acid groups (broad SMARTS) is 8. The molecule has 5 rings (SSSR count). The predicted molar refractivity (Wildman–Crippen MR) is 360 cm³/mol. The van der Waals surface area contributed by atoms with Crippen LogP contribution in [0.4, 0.5) is 0 Å². The van der Waals surface area contributed by atoms with Gasteiger partial charge in [0.15, 0.2) is 26.4 Å². The molecule has 0 saturated heterocycles.